The van der Waals surface area contributed by atoms with Gasteiger partial charge in [0.2, 0.25) is 0 Å². The zero-order valence-corrected chi connectivity index (χ0v) is 13.8. The molecule has 0 nitrogen and oxygen atoms in total. The summed E-state index contributed by atoms with van der Waals surface area (Å²) >= 11 is 9.88. The van der Waals surface area contributed by atoms with Crippen LogP contribution in [0.1, 0.15) is 89.9 Å². The molecule has 0 saturated carbocycles. The summed E-state index contributed by atoms with van der Waals surface area (Å²) in [5.41, 5.74) is 0. The van der Waals surface area contributed by atoms with Crippen LogP contribution in [0.3, 0.4) is 0 Å². The quantitative estimate of drug-likeness (QED) is 0.196. The third-order valence-corrected chi connectivity index (χ3v) is 4.13. The van der Waals surface area contributed by atoms with Crippen LogP contribution in [0.5, 0.6) is 0 Å². The standard InChI is InChI=1S/C16H33ClS/c17-15-13-11-9-7-5-3-1-2-4-6-8-10-12-14-16-18/h18H,1-16H2. The van der Waals surface area contributed by atoms with E-state index in [-0.39, 0.29) is 0 Å². The van der Waals surface area contributed by atoms with Crippen molar-refractivity contribution in [2.24, 2.45) is 0 Å². The van der Waals surface area contributed by atoms with E-state index in [1.807, 2.05) is 0 Å². The Morgan fingerprint density at radius 2 is 0.722 bits per heavy atom. The van der Waals surface area contributed by atoms with Gasteiger partial charge in [0.25, 0.3) is 0 Å². The highest BCUT2D eigenvalue weighted by Crippen LogP contribution is 2.13. The lowest BCUT2D eigenvalue weighted by molar-refractivity contribution is 0.539. The lowest BCUT2D eigenvalue weighted by atomic mass is 10.0. The number of hydrogen-bond acceptors (Lipinski definition) is 1. The fourth-order valence-corrected chi connectivity index (χ4v) is 2.74. The lowest BCUT2D eigenvalue weighted by Crippen LogP contribution is -1.84. The summed E-state index contributed by atoms with van der Waals surface area (Å²) in [4.78, 5) is 0. The molecular weight excluding hydrogens is 260 g/mol. The van der Waals surface area contributed by atoms with Crippen LogP contribution in [0, 0.1) is 0 Å². The van der Waals surface area contributed by atoms with E-state index in [0.717, 1.165) is 11.6 Å². The minimum Gasteiger partial charge on any atom is -0.179 e. The monoisotopic (exact) mass is 292 g/mol. The highest BCUT2D eigenvalue weighted by Gasteiger charge is 1.93. The molecule has 0 atom stereocenters. The van der Waals surface area contributed by atoms with Crippen molar-refractivity contribution in [3.8, 4) is 0 Å². The Hall–Kier alpha value is 0.640. The van der Waals surface area contributed by atoms with E-state index in [1.54, 1.807) is 0 Å². The second-order valence-electron chi connectivity index (χ2n) is 5.36. The second kappa shape index (κ2) is 17.6. The van der Waals surface area contributed by atoms with Crippen LogP contribution in [-0.2, 0) is 0 Å². The molecule has 0 aliphatic carbocycles. The molecule has 0 N–H and O–H groups in total. The number of hydrogen-bond donors (Lipinski definition) is 1. The molecule has 0 rings (SSSR count). The first-order valence-electron chi connectivity index (χ1n) is 8.08. The largest absolute Gasteiger partial charge is 0.179 e. The number of thiol groups is 1. The maximum Gasteiger partial charge on any atom is 0.0223 e. The molecule has 0 radical (unpaired) electrons. The normalized spacial score (nSPS) is 11.0. The van der Waals surface area contributed by atoms with Crippen LogP contribution in [0.15, 0.2) is 0 Å². The van der Waals surface area contributed by atoms with Gasteiger partial charge >= 0.3 is 0 Å². The first-order chi connectivity index (χ1) is 8.91. The molecule has 0 unspecified atom stereocenters. The third kappa shape index (κ3) is 16.6. The van der Waals surface area contributed by atoms with Gasteiger partial charge in [0, 0.05) is 5.88 Å². The molecule has 0 fully saturated rings. The Balaban J connectivity index is 2.86. The molecule has 0 aliphatic heterocycles. The fraction of sp³-hybridized carbons (Fsp3) is 1.00. The summed E-state index contributed by atoms with van der Waals surface area (Å²) in [6.45, 7) is 0. The number of rotatable bonds is 15. The molecule has 0 spiro atoms. The zero-order chi connectivity index (χ0) is 13.3. The van der Waals surface area contributed by atoms with E-state index in [0.29, 0.717) is 0 Å². The predicted octanol–water partition coefficient (Wildman–Crippen LogP) is 6.62. The molecule has 0 saturated heterocycles. The molecule has 18 heavy (non-hydrogen) atoms. The second-order valence-corrected chi connectivity index (χ2v) is 6.19. The number of halogens is 1. The Morgan fingerprint density at radius 3 is 1.00 bits per heavy atom. The summed E-state index contributed by atoms with van der Waals surface area (Å²) in [6.07, 6.45) is 19.6. The molecule has 0 bridgehead atoms. The molecule has 0 aromatic rings. The SMILES string of the molecule is SCCCCCCCCCCCCCCCCCl. The molecule has 110 valence electrons. The average Bonchev–Trinajstić information content (AvgIpc) is 2.39. The van der Waals surface area contributed by atoms with Crippen LogP contribution in [0.4, 0.5) is 0 Å². The summed E-state index contributed by atoms with van der Waals surface area (Å²) < 4.78 is 0. The van der Waals surface area contributed by atoms with E-state index in [4.69, 9.17) is 11.6 Å². The smallest absolute Gasteiger partial charge is 0.0223 e. The molecule has 0 aromatic heterocycles. The van der Waals surface area contributed by atoms with Gasteiger partial charge in [-0.15, -0.1) is 11.6 Å². The molecule has 0 amide bonds. The van der Waals surface area contributed by atoms with Crippen LogP contribution >= 0.6 is 24.2 Å². The van der Waals surface area contributed by atoms with Crippen molar-refractivity contribution in [2.45, 2.75) is 89.9 Å². The number of alkyl halides is 1. The Kier molecular flexibility index (Phi) is 18.3. The van der Waals surface area contributed by atoms with Crippen molar-refractivity contribution in [3.05, 3.63) is 0 Å². The molecule has 0 heterocycles. The van der Waals surface area contributed by atoms with Crippen molar-refractivity contribution < 1.29 is 0 Å². The van der Waals surface area contributed by atoms with Crippen molar-refractivity contribution in [1.82, 2.24) is 0 Å². The van der Waals surface area contributed by atoms with Crippen molar-refractivity contribution in [1.29, 1.82) is 0 Å². The van der Waals surface area contributed by atoms with Crippen LogP contribution < -0.4 is 0 Å². The molecular formula is C16H33ClS. The molecule has 2 heteroatoms. The van der Waals surface area contributed by atoms with E-state index < -0.39 is 0 Å². The third-order valence-electron chi connectivity index (χ3n) is 3.54. The zero-order valence-electron chi connectivity index (χ0n) is 12.1. The predicted molar refractivity (Wildman–Crippen MR) is 89.2 cm³/mol. The Bertz CT molecular complexity index is 123. The lowest BCUT2D eigenvalue weighted by Gasteiger charge is -2.02. The topological polar surface area (TPSA) is 0 Å². The van der Waals surface area contributed by atoms with Gasteiger partial charge in [-0.1, -0.05) is 77.0 Å². The first kappa shape index (κ1) is 18.6. The number of unbranched alkanes of at least 4 members (excludes halogenated alkanes) is 13. The van der Waals surface area contributed by atoms with Crippen LogP contribution in [-0.4, -0.2) is 11.6 Å². The van der Waals surface area contributed by atoms with Crippen LogP contribution in [0.25, 0.3) is 0 Å². The van der Waals surface area contributed by atoms with Gasteiger partial charge in [-0.3, -0.25) is 0 Å². The minimum atomic E-state index is 0.841. The maximum absolute atomic E-state index is 5.65. The van der Waals surface area contributed by atoms with Gasteiger partial charge in [0.1, 0.15) is 0 Å². The highest BCUT2D eigenvalue weighted by atomic mass is 35.5. The fourth-order valence-electron chi connectivity index (χ4n) is 2.33. The summed E-state index contributed by atoms with van der Waals surface area (Å²) in [5, 5.41) is 0. The van der Waals surface area contributed by atoms with Crippen LogP contribution in [0.2, 0.25) is 0 Å². The molecule has 0 aliphatic rings. The van der Waals surface area contributed by atoms with Crippen molar-refractivity contribution >= 4 is 24.2 Å². The summed E-state index contributed by atoms with van der Waals surface area (Å²) in [7, 11) is 0. The van der Waals surface area contributed by atoms with Crippen molar-refractivity contribution in [2.75, 3.05) is 11.6 Å². The molecule has 0 aromatic carbocycles. The van der Waals surface area contributed by atoms with E-state index >= 15 is 0 Å². The van der Waals surface area contributed by atoms with Gasteiger partial charge < -0.3 is 0 Å². The van der Waals surface area contributed by atoms with Gasteiger partial charge in [0.15, 0.2) is 0 Å². The van der Waals surface area contributed by atoms with E-state index in [9.17, 15) is 0 Å². The minimum absolute atomic E-state index is 0.841. The van der Waals surface area contributed by atoms with E-state index in [1.165, 1.54) is 89.9 Å². The Labute approximate surface area is 126 Å². The van der Waals surface area contributed by atoms with Gasteiger partial charge in [0.05, 0.1) is 0 Å². The maximum atomic E-state index is 5.65. The van der Waals surface area contributed by atoms with Gasteiger partial charge in [-0.25, -0.2) is 0 Å². The van der Waals surface area contributed by atoms with Crippen molar-refractivity contribution in [3.63, 3.8) is 0 Å². The first-order valence-corrected chi connectivity index (χ1v) is 9.25. The highest BCUT2D eigenvalue weighted by molar-refractivity contribution is 7.80. The van der Waals surface area contributed by atoms with E-state index in [2.05, 4.69) is 12.6 Å². The van der Waals surface area contributed by atoms with Gasteiger partial charge in [-0.2, -0.15) is 12.6 Å². The average molecular weight is 293 g/mol. The van der Waals surface area contributed by atoms with Gasteiger partial charge in [-0.05, 0) is 18.6 Å². The summed E-state index contributed by atoms with van der Waals surface area (Å²) in [6, 6.07) is 0. The Morgan fingerprint density at radius 1 is 0.444 bits per heavy atom. The summed E-state index contributed by atoms with van der Waals surface area (Å²) in [5.74, 6) is 1.90.